The molecule has 30 rings (SSSR count). The van der Waals surface area contributed by atoms with E-state index in [1.165, 1.54) is 220 Å². The molecule has 0 N–H and O–H groups in total. The summed E-state index contributed by atoms with van der Waals surface area (Å²) in [6, 6.07) is 158. The van der Waals surface area contributed by atoms with Crippen molar-refractivity contribution in [2.45, 2.75) is 113 Å². The fourth-order valence-electron chi connectivity index (χ4n) is 25.5. The van der Waals surface area contributed by atoms with Crippen LogP contribution in [0.15, 0.2) is 441 Å². The summed E-state index contributed by atoms with van der Waals surface area (Å²) in [4.78, 5) is 30.3. The van der Waals surface area contributed by atoms with Gasteiger partial charge in [0.25, 0.3) is 0 Å². The lowest BCUT2D eigenvalue weighted by molar-refractivity contribution is 0.353. The molecule has 24 aromatic rings. The Bertz CT molecular complexity index is 8740. The Morgan fingerprint density at radius 3 is 0.782 bits per heavy atom. The highest BCUT2D eigenvalue weighted by atomic mass is 32.1. The number of thiophene rings is 2. The average molecular weight is 1920 g/mol. The number of benzene rings is 18. The van der Waals surface area contributed by atoms with Crippen molar-refractivity contribution in [1.29, 1.82) is 0 Å². The highest BCUT2D eigenvalue weighted by molar-refractivity contribution is 7.26. The number of rotatable bonds is 12. The Morgan fingerprint density at radius 1 is 0.163 bits per heavy atom. The summed E-state index contributed by atoms with van der Waals surface area (Å²) >= 11 is 3.74. The molecule has 18 aromatic carbocycles. The second kappa shape index (κ2) is 36.6. The summed E-state index contributed by atoms with van der Waals surface area (Å²) in [7, 11) is 0. The summed E-state index contributed by atoms with van der Waals surface area (Å²) in [6.07, 6.45) is 19.3. The number of hydrogen-bond acceptors (Lipinski definition) is 9. The fourth-order valence-corrected chi connectivity index (χ4v) is 27.8. The predicted molar refractivity (Wildman–Crippen MR) is 612 cm³/mol. The quantitative estimate of drug-likeness (QED) is 0.120. The van der Waals surface area contributed by atoms with Gasteiger partial charge in [-0.25, -0.2) is 29.9 Å². The molecule has 6 aliphatic rings. The van der Waals surface area contributed by atoms with Crippen molar-refractivity contribution < 1.29 is 4.42 Å². The van der Waals surface area contributed by atoms with Gasteiger partial charge < -0.3 is 4.42 Å². The molecule has 6 heterocycles. The first kappa shape index (κ1) is 88.2. The number of nitrogens with zero attached hydrogens (tertiary/aromatic N) is 6. The van der Waals surface area contributed by atoms with Crippen LogP contribution < -0.4 is 0 Å². The van der Waals surface area contributed by atoms with Crippen molar-refractivity contribution in [1.82, 2.24) is 29.9 Å². The van der Waals surface area contributed by atoms with Crippen molar-refractivity contribution in [3.63, 3.8) is 0 Å². The number of hydrogen-bond donors (Lipinski definition) is 0. The van der Waals surface area contributed by atoms with Crippen LogP contribution in [0.4, 0.5) is 0 Å². The van der Waals surface area contributed by atoms with Gasteiger partial charge in [-0.3, -0.25) is 0 Å². The van der Waals surface area contributed by atoms with Gasteiger partial charge in [-0.2, -0.15) is 0 Å². The Labute approximate surface area is 863 Å². The molecule has 702 valence electrons. The third-order valence-electron chi connectivity index (χ3n) is 32.7. The molecule has 0 bridgehead atoms. The van der Waals surface area contributed by atoms with Crippen LogP contribution in [0.3, 0.4) is 0 Å². The van der Waals surface area contributed by atoms with Crippen molar-refractivity contribution in [3.05, 3.63) is 470 Å². The summed E-state index contributed by atoms with van der Waals surface area (Å²) < 4.78 is 11.6. The second-order valence-electron chi connectivity index (χ2n) is 41.0. The average Bonchev–Trinajstić information content (AvgIpc) is 1.56. The molecule has 0 aliphatic heterocycles. The molecular weight excluding hydrogens is 1820 g/mol. The van der Waals surface area contributed by atoms with Crippen LogP contribution in [-0.4, -0.2) is 29.9 Å². The SMILES string of the molecule is c1ccc(-c2cc(-c3ccc4c(c3)sc3cc(-c5ccc6c(c5)C5(CCCCC5)c5ccccc5-6)ccc34)nc(-c3ccccc3)n2)cc1.c1ccc(-c2cc(-c3ccc4oc5ccc(-c6ccc7c(c6)C6(CCCCC6)c6ccccc6-7)cc5c4c3)nc(-c3ccccc3)n2)cc1.c1ccc(-c2cc(-c3ccc4sc5ccc(-c6ccc7c(c6)C6(CCCCC6)c6ccccc6-7)cc5c4c3)nc(-c3ccccc3)n2)cc1. The predicted octanol–water partition coefficient (Wildman–Crippen LogP) is 37.8. The van der Waals surface area contributed by atoms with Gasteiger partial charge in [0.2, 0.25) is 0 Å². The molecule has 0 radical (unpaired) electrons. The largest absolute Gasteiger partial charge is 0.456 e. The van der Waals surface area contributed by atoms with E-state index in [4.69, 9.17) is 34.3 Å². The molecule has 0 unspecified atom stereocenters. The van der Waals surface area contributed by atoms with Crippen molar-refractivity contribution in [2.24, 2.45) is 0 Å². The van der Waals surface area contributed by atoms with Crippen LogP contribution in [0, 0.1) is 0 Å². The summed E-state index contributed by atoms with van der Waals surface area (Å²) in [5.41, 5.74) is 42.7. The van der Waals surface area contributed by atoms with Crippen LogP contribution >= 0.6 is 22.7 Å². The Hall–Kier alpha value is -16.6. The van der Waals surface area contributed by atoms with E-state index in [0.29, 0.717) is 5.82 Å². The maximum Gasteiger partial charge on any atom is 0.160 e. The number of aromatic nitrogens is 6. The lowest BCUT2D eigenvalue weighted by Crippen LogP contribution is -2.28. The molecule has 9 heteroatoms. The molecule has 7 nitrogen and oxygen atoms in total. The van der Waals surface area contributed by atoms with E-state index in [1.54, 1.807) is 16.7 Å². The zero-order valence-electron chi connectivity index (χ0n) is 81.6. The zero-order chi connectivity index (χ0) is 97.1. The summed E-state index contributed by atoms with van der Waals surface area (Å²) in [5.74, 6) is 2.19. The van der Waals surface area contributed by atoms with E-state index >= 15 is 0 Å². The topological polar surface area (TPSA) is 90.5 Å². The molecule has 3 fully saturated rings. The molecule has 6 aliphatic carbocycles. The first-order valence-electron chi connectivity index (χ1n) is 52.3. The van der Waals surface area contributed by atoms with Crippen molar-refractivity contribution in [2.75, 3.05) is 0 Å². The molecule has 147 heavy (non-hydrogen) atoms. The Balaban J connectivity index is 0.000000107. The van der Waals surface area contributed by atoms with Crippen LogP contribution in [-0.2, 0) is 16.2 Å². The third kappa shape index (κ3) is 15.6. The van der Waals surface area contributed by atoms with Crippen molar-refractivity contribution >= 4 is 85.0 Å². The van der Waals surface area contributed by atoms with Gasteiger partial charge in [0, 0.05) is 117 Å². The lowest BCUT2D eigenvalue weighted by atomic mass is 9.67. The summed E-state index contributed by atoms with van der Waals surface area (Å²) in [5, 5.41) is 7.39. The van der Waals surface area contributed by atoms with E-state index in [-0.39, 0.29) is 16.2 Å². The van der Waals surface area contributed by atoms with E-state index in [1.807, 2.05) is 95.5 Å². The Kier molecular flexibility index (Phi) is 22.0. The number of fused-ring (bicyclic) bond motifs is 24. The molecule has 0 amide bonds. The molecule has 0 atom stereocenters. The summed E-state index contributed by atoms with van der Waals surface area (Å²) in [6.45, 7) is 0. The van der Waals surface area contributed by atoms with Gasteiger partial charge in [-0.05, 0) is 242 Å². The first-order chi connectivity index (χ1) is 72.7. The highest BCUT2D eigenvalue weighted by Gasteiger charge is 2.47. The minimum atomic E-state index is 0.135. The maximum atomic E-state index is 6.39. The van der Waals surface area contributed by atoms with Gasteiger partial charge in [-0.1, -0.05) is 391 Å². The molecule has 6 aromatic heterocycles. The second-order valence-corrected chi connectivity index (χ2v) is 43.2. The molecule has 0 saturated heterocycles. The van der Waals surface area contributed by atoms with Gasteiger partial charge in [0.05, 0.1) is 34.2 Å². The van der Waals surface area contributed by atoms with Crippen molar-refractivity contribution in [3.8, 4) is 168 Å². The van der Waals surface area contributed by atoms with E-state index in [0.717, 1.165) is 118 Å². The van der Waals surface area contributed by atoms with E-state index in [2.05, 4.69) is 364 Å². The third-order valence-corrected chi connectivity index (χ3v) is 35.0. The van der Waals surface area contributed by atoms with E-state index < -0.39 is 0 Å². The molecular formula is C138H102N6OS2. The van der Waals surface area contributed by atoms with Gasteiger partial charge >= 0.3 is 0 Å². The zero-order valence-corrected chi connectivity index (χ0v) is 83.2. The van der Waals surface area contributed by atoms with Gasteiger partial charge in [0.1, 0.15) is 11.2 Å². The van der Waals surface area contributed by atoms with Gasteiger partial charge in [0.15, 0.2) is 17.5 Å². The monoisotopic (exact) mass is 1920 g/mol. The molecule has 3 spiro atoms. The highest BCUT2D eigenvalue weighted by Crippen LogP contribution is 2.61. The van der Waals surface area contributed by atoms with Crippen LogP contribution in [0.5, 0.6) is 0 Å². The fraction of sp³-hybridized carbons (Fsp3) is 0.130. The van der Waals surface area contributed by atoms with E-state index in [9.17, 15) is 0 Å². The lowest BCUT2D eigenvalue weighted by Gasteiger charge is -2.36. The van der Waals surface area contributed by atoms with Crippen LogP contribution in [0.1, 0.15) is 130 Å². The minimum Gasteiger partial charge on any atom is -0.456 e. The standard InChI is InChI=1S/C46H34N2O.2C46H34N2S/c2*1-4-12-30(13-5-1)41-29-42(48-45(47-41)31-14-6-2-7-15-31)34-20-23-44-38(27-34)37-26-32(19-22-43(37)49-44)33-18-21-36-35-16-8-9-17-39(35)46(40(36)28-33)24-10-3-11-25-46;1-4-12-30(13-5-1)41-29-42(48-45(47-41)31-14-6-2-7-15-31)34-20-23-38-37-22-19-33(27-43(37)49-44(38)28-34)32-18-21-36-35-16-8-9-17-39(35)46(40(36)26-32)24-10-3-11-25-46/h3*1-2,4-9,12-23,26-29H,3,10-11,24-25H2. The van der Waals surface area contributed by atoms with Gasteiger partial charge in [-0.15, -0.1) is 22.7 Å². The number of furan rings is 1. The smallest absolute Gasteiger partial charge is 0.160 e. The first-order valence-corrected chi connectivity index (χ1v) is 54.0. The normalized spacial score (nSPS) is 14.7. The van der Waals surface area contributed by atoms with Crippen LogP contribution in [0.2, 0.25) is 0 Å². The Morgan fingerprint density at radius 2 is 0.408 bits per heavy atom. The van der Waals surface area contributed by atoms with Crippen LogP contribution in [0.25, 0.3) is 231 Å². The molecule has 3 saturated carbocycles. The maximum absolute atomic E-state index is 6.39. The minimum absolute atomic E-state index is 0.135.